The van der Waals surface area contributed by atoms with Crippen molar-refractivity contribution in [3.8, 4) is 0 Å². The molecule has 22 heavy (non-hydrogen) atoms. The number of nitrogens with one attached hydrogen (secondary N) is 1. The third-order valence-electron chi connectivity index (χ3n) is 3.65. The Labute approximate surface area is 127 Å². The molecule has 6 nitrogen and oxygen atoms in total. The Kier molecular flexibility index (Phi) is 3.17. The van der Waals surface area contributed by atoms with Gasteiger partial charge in [0.1, 0.15) is 11.4 Å². The van der Waals surface area contributed by atoms with Crippen molar-refractivity contribution in [3.63, 3.8) is 0 Å². The summed E-state index contributed by atoms with van der Waals surface area (Å²) in [5.41, 5.74) is 1.97. The summed E-state index contributed by atoms with van der Waals surface area (Å²) in [6.07, 6.45) is 0. The zero-order chi connectivity index (χ0) is 16.1. The fourth-order valence-electron chi connectivity index (χ4n) is 2.62. The van der Waals surface area contributed by atoms with Crippen LogP contribution in [0.5, 0.6) is 0 Å². The van der Waals surface area contributed by atoms with Crippen molar-refractivity contribution in [1.82, 2.24) is 9.29 Å². The highest BCUT2D eigenvalue weighted by atomic mass is 32.2. The number of carbonyl (C=O) groups excluding carboxylic acids is 2. The first-order chi connectivity index (χ1) is 10.3. The van der Waals surface area contributed by atoms with Gasteiger partial charge < -0.3 is 4.98 Å². The van der Waals surface area contributed by atoms with Gasteiger partial charge in [0, 0.05) is 17.0 Å². The van der Waals surface area contributed by atoms with Gasteiger partial charge in [-0.2, -0.15) is 0 Å². The molecule has 3 rings (SSSR count). The van der Waals surface area contributed by atoms with Crippen molar-refractivity contribution >= 4 is 21.7 Å². The number of aromatic nitrogens is 1. The summed E-state index contributed by atoms with van der Waals surface area (Å²) in [6, 6.07) is 7.62. The van der Waals surface area contributed by atoms with E-state index in [1.165, 1.54) is 12.1 Å². The summed E-state index contributed by atoms with van der Waals surface area (Å²) < 4.78 is 25.4. The number of carbonyl (C=O) groups is 2. The Hall–Kier alpha value is -2.41. The van der Waals surface area contributed by atoms with E-state index in [1.807, 2.05) is 0 Å². The third-order valence-corrected chi connectivity index (χ3v) is 5.44. The van der Waals surface area contributed by atoms with E-state index in [1.54, 1.807) is 32.0 Å². The van der Waals surface area contributed by atoms with Crippen LogP contribution in [0.1, 0.15) is 32.1 Å². The molecule has 0 bridgehead atoms. The minimum atomic E-state index is -3.95. The molecule has 0 fully saturated rings. The number of hydrogen-bond acceptors (Lipinski definition) is 4. The molecule has 0 spiro atoms. The van der Waals surface area contributed by atoms with Crippen LogP contribution in [0.3, 0.4) is 0 Å². The number of sulfonamides is 1. The van der Waals surface area contributed by atoms with Crippen LogP contribution in [-0.4, -0.2) is 35.9 Å². The number of rotatable bonds is 3. The quantitative estimate of drug-likeness (QED) is 0.872. The summed E-state index contributed by atoms with van der Waals surface area (Å²) >= 11 is 0. The predicted octanol–water partition coefficient (Wildman–Crippen LogP) is 1.66. The summed E-state index contributed by atoms with van der Waals surface area (Å²) in [4.78, 5) is 27.5. The molecule has 1 aromatic carbocycles. The lowest BCUT2D eigenvalue weighted by atomic mass is 10.1. The second-order valence-corrected chi connectivity index (χ2v) is 7.06. The fraction of sp³-hybridized carbons (Fsp3) is 0.200. The van der Waals surface area contributed by atoms with Gasteiger partial charge in [-0.25, -0.2) is 12.7 Å². The van der Waals surface area contributed by atoms with Gasteiger partial charge in [0.2, 0.25) is 0 Å². The van der Waals surface area contributed by atoms with Crippen molar-refractivity contribution in [3.05, 3.63) is 52.8 Å². The lowest BCUT2D eigenvalue weighted by molar-refractivity contribution is 0.0820. The Balaban J connectivity index is 1.96. The van der Waals surface area contributed by atoms with Crippen LogP contribution in [0.4, 0.5) is 0 Å². The van der Waals surface area contributed by atoms with E-state index < -0.39 is 28.3 Å². The van der Waals surface area contributed by atoms with E-state index in [4.69, 9.17) is 0 Å². The molecule has 0 saturated carbocycles. The number of amides is 1. The van der Waals surface area contributed by atoms with E-state index in [2.05, 4.69) is 4.98 Å². The molecule has 7 heteroatoms. The molecule has 1 amide bonds. The second-order valence-electron chi connectivity index (χ2n) is 5.23. The zero-order valence-electron chi connectivity index (χ0n) is 12.1. The largest absolute Gasteiger partial charge is 0.362 e. The molecule has 2 aromatic rings. The van der Waals surface area contributed by atoms with Gasteiger partial charge >= 0.3 is 0 Å². The first kappa shape index (κ1) is 14.5. The van der Waals surface area contributed by atoms with Crippen molar-refractivity contribution in [2.24, 2.45) is 0 Å². The van der Waals surface area contributed by atoms with Crippen LogP contribution in [-0.2, 0) is 10.0 Å². The molecule has 1 aromatic heterocycles. The van der Waals surface area contributed by atoms with Crippen LogP contribution in [0.2, 0.25) is 0 Å². The van der Waals surface area contributed by atoms with Gasteiger partial charge in [-0.1, -0.05) is 12.1 Å². The summed E-state index contributed by atoms with van der Waals surface area (Å²) in [5, 5.41) is 0. The number of ketones is 1. The van der Waals surface area contributed by atoms with Gasteiger partial charge in [-0.05, 0) is 32.0 Å². The molecule has 2 heterocycles. The number of hydrogen-bond donors (Lipinski definition) is 1. The predicted molar refractivity (Wildman–Crippen MR) is 79.3 cm³/mol. The summed E-state index contributed by atoms with van der Waals surface area (Å²) in [5.74, 6) is -1.07. The molecule has 1 aliphatic heterocycles. The highest BCUT2D eigenvalue weighted by molar-refractivity contribution is 7.90. The number of aromatic amines is 1. The molecule has 0 atom stereocenters. The first-order valence-corrected chi connectivity index (χ1v) is 8.12. The molecule has 1 aliphatic rings. The van der Waals surface area contributed by atoms with Crippen molar-refractivity contribution < 1.29 is 18.0 Å². The fourth-order valence-corrected chi connectivity index (χ4v) is 4.14. The maximum Gasteiger partial charge on any atom is 0.269 e. The Morgan fingerprint density at radius 3 is 2.50 bits per heavy atom. The maximum absolute atomic E-state index is 12.4. The number of benzene rings is 1. The minimum absolute atomic E-state index is 0.0465. The SMILES string of the molecule is Cc1cc(C(=O)CN2C(=O)c3ccccc3S2(=O)=O)c(C)[nH]1. The average molecular weight is 318 g/mol. The molecule has 0 saturated heterocycles. The van der Waals surface area contributed by atoms with Crippen molar-refractivity contribution in [2.45, 2.75) is 18.7 Å². The van der Waals surface area contributed by atoms with Gasteiger partial charge in [0.05, 0.1) is 5.56 Å². The van der Waals surface area contributed by atoms with E-state index in [0.29, 0.717) is 15.6 Å². The third kappa shape index (κ3) is 2.05. The van der Waals surface area contributed by atoms with Gasteiger partial charge in [-0.3, -0.25) is 9.59 Å². The van der Waals surface area contributed by atoms with Crippen LogP contribution < -0.4 is 0 Å². The maximum atomic E-state index is 12.4. The van der Waals surface area contributed by atoms with Crippen LogP contribution in [0.25, 0.3) is 0 Å². The smallest absolute Gasteiger partial charge is 0.269 e. The average Bonchev–Trinajstić information content (AvgIpc) is 2.90. The monoisotopic (exact) mass is 318 g/mol. The molecule has 0 radical (unpaired) electrons. The normalized spacial score (nSPS) is 15.9. The standard InChI is InChI=1S/C15H14N2O4S/c1-9-7-12(10(2)16-9)13(18)8-17-15(19)11-5-3-4-6-14(11)22(17,20)21/h3-7,16H,8H2,1-2H3. The van der Waals surface area contributed by atoms with E-state index in [0.717, 1.165) is 5.69 Å². The minimum Gasteiger partial charge on any atom is -0.362 e. The topological polar surface area (TPSA) is 87.3 Å². The first-order valence-electron chi connectivity index (χ1n) is 6.68. The zero-order valence-corrected chi connectivity index (χ0v) is 12.9. The number of H-pyrrole nitrogens is 1. The molecule has 1 N–H and O–H groups in total. The van der Waals surface area contributed by atoms with Gasteiger partial charge in [0.25, 0.3) is 15.9 Å². The van der Waals surface area contributed by atoms with E-state index in [-0.39, 0.29) is 10.5 Å². The van der Waals surface area contributed by atoms with Crippen LogP contribution >= 0.6 is 0 Å². The molecule has 0 aliphatic carbocycles. The number of fused-ring (bicyclic) bond motifs is 1. The molecular weight excluding hydrogens is 304 g/mol. The van der Waals surface area contributed by atoms with E-state index >= 15 is 0 Å². The second kappa shape index (κ2) is 4.81. The van der Waals surface area contributed by atoms with Crippen LogP contribution in [0.15, 0.2) is 35.2 Å². The number of aryl methyl sites for hydroxylation is 2. The lowest BCUT2D eigenvalue weighted by Crippen LogP contribution is -2.35. The van der Waals surface area contributed by atoms with Crippen molar-refractivity contribution in [1.29, 1.82) is 0 Å². The summed E-state index contributed by atoms with van der Waals surface area (Å²) in [7, 11) is -3.95. The molecular formula is C15H14N2O4S. The van der Waals surface area contributed by atoms with Crippen molar-refractivity contribution in [2.75, 3.05) is 6.54 Å². The van der Waals surface area contributed by atoms with Gasteiger partial charge in [0.15, 0.2) is 5.78 Å². The Bertz CT molecular complexity index is 896. The van der Waals surface area contributed by atoms with Gasteiger partial charge in [-0.15, -0.1) is 0 Å². The van der Waals surface area contributed by atoms with Crippen LogP contribution in [0, 0.1) is 13.8 Å². The molecule has 114 valence electrons. The number of nitrogens with zero attached hydrogens (tertiary/aromatic N) is 1. The summed E-state index contributed by atoms with van der Waals surface area (Å²) in [6.45, 7) is 3.04. The Morgan fingerprint density at radius 1 is 1.23 bits per heavy atom. The number of Topliss-reactive ketones (excluding diaryl/α,β-unsaturated/α-hetero) is 1. The van der Waals surface area contributed by atoms with E-state index in [9.17, 15) is 18.0 Å². The molecule has 0 unspecified atom stereocenters. The lowest BCUT2D eigenvalue weighted by Gasteiger charge is -2.13. The highest BCUT2D eigenvalue weighted by Gasteiger charge is 2.41. The Morgan fingerprint density at radius 2 is 1.91 bits per heavy atom. The highest BCUT2D eigenvalue weighted by Crippen LogP contribution is 2.30.